The second kappa shape index (κ2) is 11.1. The number of esters is 1. The molecule has 0 amide bonds. The number of carbonyl (C=O) groups is 1. The molecule has 0 radical (unpaired) electrons. The summed E-state index contributed by atoms with van der Waals surface area (Å²) in [5.41, 5.74) is 2.11. The quantitative estimate of drug-likeness (QED) is 0.431. The van der Waals surface area contributed by atoms with Crippen molar-refractivity contribution in [2.24, 2.45) is 0 Å². The lowest BCUT2D eigenvalue weighted by Crippen LogP contribution is -2.08. The molecular weight excluding hydrogens is 360 g/mol. The third-order valence-electron chi connectivity index (χ3n) is 4.37. The van der Waals surface area contributed by atoms with Crippen LogP contribution in [0.25, 0.3) is 0 Å². The summed E-state index contributed by atoms with van der Waals surface area (Å²) in [6.07, 6.45) is 2.46. The monoisotopic (exact) mass is 388 g/mol. The molecule has 0 saturated heterocycles. The lowest BCUT2D eigenvalue weighted by atomic mass is 10.1. The Labute approximate surface area is 166 Å². The van der Waals surface area contributed by atoms with Gasteiger partial charge >= 0.3 is 5.97 Å². The van der Waals surface area contributed by atoms with Crippen LogP contribution in [0.15, 0.2) is 36.4 Å². The van der Waals surface area contributed by atoms with Gasteiger partial charge in [0.2, 0.25) is 5.75 Å². The van der Waals surface area contributed by atoms with Crippen molar-refractivity contribution in [1.82, 2.24) is 0 Å². The molecule has 0 bridgehead atoms. The van der Waals surface area contributed by atoms with Gasteiger partial charge in [-0.15, -0.1) is 0 Å². The second-order valence-corrected chi connectivity index (χ2v) is 6.21. The minimum absolute atomic E-state index is 0.219. The fourth-order valence-electron chi connectivity index (χ4n) is 2.85. The predicted octanol–water partition coefficient (Wildman–Crippen LogP) is 3.83. The minimum Gasteiger partial charge on any atom is -0.497 e. The Morgan fingerprint density at radius 2 is 1.43 bits per heavy atom. The number of carbonyl (C=O) groups excluding carboxylic acids is 1. The second-order valence-electron chi connectivity index (χ2n) is 6.21. The molecule has 0 fully saturated rings. The van der Waals surface area contributed by atoms with Crippen molar-refractivity contribution in [3.05, 3.63) is 47.5 Å². The Morgan fingerprint density at radius 3 is 1.96 bits per heavy atom. The molecular formula is C22H28O6. The summed E-state index contributed by atoms with van der Waals surface area (Å²) < 4.78 is 26.4. The molecule has 28 heavy (non-hydrogen) atoms. The van der Waals surface area contributed by atoms with Gasteiger partial charge in [-0.25, -0.2) is 0 Å². The summed E-state index contributed by atoms with van der Waals surface area (Å²) in [5, 5.41) is 0. The number of hydrogen-bond donors (Lipinski definition) is 0. The molecule has 0 aliphatic heterocycles. The average Bonchev–Trinajstić information content (AvgIpc) is 2.74. The van der Waals surface area contributed by atoms with Crippen LogP contribution in [0.2, 0.25) is 0 Å². The highest BCUT2D eigenvalue weighted by Gasteiger charge is 2.14. The van der Waals surface area contributed by atoms with Crippen LogP contribution in [0.5, 0.6) is 23.0 Å². The van der Waals surface area contributed by atoms with Crippen molar-refractivity contribution in [3.8, 4) is 23.0 Å². The first-order valence-corrected chi connectivity index (χ1v) is 9.18. The summed E-state index contributed by atoms with van der Waals surface area (Å²) in [7, 11) is 6.34. The van der Waals surface area contributed by atoms with Crippen LogP contribution in [0, 0.1) is 0 Å². The Morgan fingerprint density at radius 1 is 0.786 bits per heavy atom. The van der Waals surface area contributed by atoms with E-state index in [0.29, 0.717) is 36.7 Å². The maximum atomic E-state index is 12.0. The summed E-state index contributed by atoms with van der Waals surface area (Å²) in [5.74, 6) is 2.30. The Balaban J connectivity index is 1.77. The number of benzene rings is 2. The van der Waals surface area contributed by atoms with E-state index in [9.17, 15) is 4.79 Å². The summed E-state index contributed by atoms with van der Waals surface area (Å²) >= 11 is 0. The third kappa shape index (κ3) is 6.08. The van der Waals surface area contributed by atoms with Gasteiger partial charge in [-0.1, -0.05) is 12.1 Å². The van der Waals surface area contributed by atoms with E-state index in [4.69, 9.17) is 23.7 Å². The molecule has 2 aromatic rings. The van der Waals surface area contributed by atoms with Crippen molar-refractivity contribution >= 4 is 5.97 Å². The van der Waals surface area contributed by atoms with E-state index in [1.807, 2.05) is 36.4 Å². The van der Waals surface area contributed by atoms with Gasteiger partial charge in [-0.3, -0.25) is 4.79 Å². The smallest absolute Gasteiger partial charge is 0.306 e. The van der Waals surface area contributed by atoms with Crippen molar-refractivity contribution in [2.45, 2.75) is 25.7 Å². The lowest BCUT2D eigenvalue weighted by Gasteiger charge is -2.14. The first-order chi connectivity index (χ1) is 13.6. The van der Waals surface area contributed by atoms with Gasteiger partial charge in [0.15, 0.2) is 11.5 Å². The summed E-state index contributed by atoms with van der Waals surface area (Å²) in [6.45, 7) is 0.403. The lowest BCUT2D eigenvalue weighted by molar-refractivity contribution is -0.143. The standard InChI is InChI=1S/C22H28O6/c1-24-18-10-7-16(8-11-18)6-5-13-28-21(23)12-9-17-14-19(25-2)22(27-4)20(15-17)26-3/h7-8,10-11,14-15H,5-6,9,12-13H2,1-4H3. The van der Waals surface area contributed by atoms with E-state index in [1.165, 1.54) is 5.56 Å². The predicted molar refractivity (Wildman–Crippen MR) is 107 cm³/mol. The van der Waals surface area contributed by atoms with Crippen LogP contribution in [0.1, 0.15) is 24.0 Å². The number of ether oxygens (including phenoxy) is 5. The fourth-order valence-corrected chi connectivity index (χ4v) is 2.85. The van der Waals surface area contributed by atoms with Crippen molar-refractivity contribution in [1.29, 1.82) is 0 Å². The van der Waals surface area contributed by atoms with Crippen LogP contribution >= 0.6 is 0 Å². The molecule has 0 unspecified atom stereocenters. The third-order valence-corrected chi connectivity index (χ3v) is 4.37. The Kier molecular flexibility index (Phi) is 8.46. The van der Waals surface area contributed by atoms with E-state index >= 15 is 0 Å². The normalized spacial score (nSPS) is 10.3. The zero-order chi connectivity index (χ0) is 20.4. The van der Waals surface area contributed by atoms with Gasteiger partial charge in [-0.2, -0.15) is 0 Å². The molecule has 0 atom stereocenters. The van der Waals surface area contributed by atoms with E-state index in [1.54, 1.807) is 28.4 Å². The molecule has 6 nitrogen and oxygen atoms in total. The van der Waals surface area contributed by atoms with Crippen molar-refractivity contribution in [3.63, 3.8) is 0 Å². The molecule has 2 aromatic carbocycles. The molecule has 0 aromatic heterocycles. The highest BCUT2D eigenvalue weighted by Crippen LogP contribution is 2.38. The highest BCUT2D eigenvalue weighted by molar-refractivity contribution is 5.70. The van der Waals surface area contributed by atoms with Crippen LogP contribution < -0.4 is 18.9 Å². The van der Waals surface area contributed by atoms with E-state index in [-0.39, 0.29) is 5.97 Å². The zero-order valence-electron chi connectivity index (χ0n) is 16.9. The SMILES string of the molecule is COc1ccc(CCCOC(=O)CCc2cc(OC)c(OC)c(OC)c2)cc1. The maximum absolute atomic E-state index is 12.0. The molecule has 0 saturated carbocycles. The molecule has 0 aliphatic carbocycles. The largest absolute Gasteiger partial charge is 0.497 e. The van der Waals surface area contributed by atoms with Crippen LogP contribution in [0.4, 0.5) is 0 Å². The van der Waals surface area contributed by atoms with Gasteiger partial charge in [0.1, 0.15) is 5.75 Å². The summed E-state index contributed by atoms with van der Waals surface area (Å²) in [6, 6.07) is 11.6. The molecule has 152 valence electrons. The number of rotatable bonds is 11. The number of methoxy groups -OCH3 is 4. The minimum atomic E-state index is -0.219. The van der Waals surface area contributed by atoms with Gasteiger partial charge < -0.3 is 23.7 Å². The molecule has 0 heterocycles. The van der Waals surface area contributed by atoms with Gasteiger partial charge in [0.05, 0.1) is 35.0 Å². The van der Waals surface area contributed by atoms with Gasteiger partial charge in [0, 0.05) is 6.42 Å². The molecule has 2 rings (SSSR count). The topological polar surface area (TPSA) is 63.2 Å². The Bertz CT molecular complexity index is 729. The van der Waals surface area contributed by atoms with Crippen LogP contribution in [-0.4, -0.2) is 41.0 Å². The van der Waals surface area contributed by atoms with Crippen molar-refractivity contribution < 1.29 is 28.5 Å². The van der Waals surface area contributed by atoms with E-state index in [0.717, 1.165) is 24.2 Å². The van der Waals surface area contributed by atoms with E-state index < -0.39 is 0 Å². The van der Waals surface area contributed by atoms with Crippen LogP contribution in [-0.2, 0) is 22.4 Å². The highest BCUT2D eigenvalue weighted by atomic mass is 16.5. The number of hydrogen-bond acceptors (Lipinski definition) is 6. The van der Waals surface area contributed by atoms with Crippen LogP contribution in [0.3, 0.4) is 0 Å². The molecule has 6 heteroatoms. The van der Waals surface area contributed by atoms with Crippen molar-refractivity contribution in [2.75, 3.05) is 35.0 Å². The first-order valence-electron chi connectivity index (χ1n) is 9.18. The van der Waals surface area contributed by atoms with Gasteiger partial charge in [0.25, 0.3) is 0 Å². The average molecular weight is 388 g/mol. The first kappa shape index (κ1) is 21.4. The number of aryl methyl sites for hydroxylation is 2. The Hall–Kier alpha value is -2.89. The molecule has 0 spiro atoms. The molecule has 0 N–H and O–H groups in total. The maximum Gasteiger partial charge on any atom is 0.306 e. The fraction of sp³-hybridized carbons (Fsp3) is 0.409. The van der Waals surface area contributed by atoms with E-state index in [2.05, 4.69) is 0 Å². The molecule has 0 aliphatic rings. The zero-order valence-corrected chi connectivity index (χ0v) is 16.9. The summed E-state index contributed by atoms with van der Waals surface area (Å²) in [4.78, 5) is 12.0. The van der Waals surface area contributed by atoms with Gasteiger partial charge in [-0.05, 0) is 54.7 Å².